The summed E-state index contributed by atoms with van der Waals surface area (Å²) in [6, 6.07) is 0.869. The summed E-state index contributed by atoms with van der Waals surface area (Å²) in [5, 5.41) is 6.88. The molecule has 1 unspecified atom stereocenters. The van der Waals surface area contributed by atoms with E-state index >= 15 is 0 Å². The summed E-state index contributed by atoms with van der Waals surface area (Å²) in [5.74, 6) is 0.195. The number of hydrogen-bond donors (Lipinski definition) is 1. The first-order valence-electron chi connectivity index (χ1n) is 6.61. The third kappa shape index (κ3) is 3.29. The van der Waals surface area contributed by atoms with Crippen LogP contribution in [0, 0.1) is 0 Å². The highest BCUT2D eigenvalue weighted by molar-refractivity contribution is 7.09. The predicted octanol–water partition coefficient (Wildman–Crippen LogP) is 2.19. The van der Waals surface area contributed by atoms with Gasteiger partial charge in [-0.15, -0.1) is 11.3 Å². The summed E-state index contributed by atoms with van der Waals surface area (Å²) in [4.78, 5) is 17.6. The van der Waals surface area contributed by atoms with E-state index in [1.807, 2.05) is 16.5 Å². The Kier molecular flexibility index (Phi) is 4.72. The van der Waals surface area contributed by atoms with E-state index in [9.17, 15) is 4.79 Å². The number of nitrogens with one attached hydrogen (secondary N) is 1. The summed E-state index contributed by atoms with van der Waals surface area (Å²) >= 11 is 1.71. The van der Waals surface area contributed by atoms with Gasteiger partial charge in [-0.1, -0.05) is 6.92 Å². The lowest BCUT2D eigenvalue weighted by atomic mass is 10.0. The van der Waals surface area contributed by atoms with E-state index in [0.717, 1.165) is 32.4 Å². The number of piperidine rings is 1. The van der Waals surface area contributed by atoms with E-state index in [-0.39, 0.29) is 5.91 Å². The van der Waals surface area contributed by atoms with Crippen LogP contribution in [0.5, 0.6) is 0 Å². The van der Waals surface area contributed by atoms with E-state index in [2.05, 4.69) is 17.2 Å². The maximum atomic E-state index is 11.3. The normalized spacial score (nSPS) is 18.9. The lowest BCUT2D eigenvalue weighted by Gasteiger charge is -2.33. The quantitative estimate of drug-likeness (QED) is 0.909. The Hall–Kier alpha value is -0.940. The molecule has 1 aromatic rings. The van der Waals surface area contributed by atoms with E-state index < -0.39 is 0 Å². The van der Waals surface area contributed by atoms with Gasteiger partial charge in [0.25, 0.3) is 0 Å². The van der Waals surface area contributed by atoms with Gasteiger partial charge in [0.05, 0.1) is 6.04 Å². The van der Waals surface area contributed by atoms with E-state index in [4.69, 9.17) is 0 Å². The summed E-state index contributed by atoms with van der Waals surface area (Å²) in [7, 11) is 0. The fraction of sp³-hybridized carbons (Fsp3) is 0.692. The third-order valence-corrected chi connectivity index (χ3v) is 4.42. The van der Waals surface area contributed by atoms with Crippen molar-refractivity contribution in [3.8, 4) is 0 Å². The van der Waals surface area contributed by atoms with Gasteiger partial charge >= 0.3 is 0 Å². The molecule has 5 heteroatoms. The second-order valence-corrected chi connectivity index (χ2v) is 5.70. The maximum Gasteiger partial charge on any atom is 0.219 e. The fourth-order valence-electron chi connectivity index (χ4n) is 2.42. The van der Waals surface area contributed by atoms with Crippen LogP contribution >= 0.6 is 11.3 Å². The van der Waals surface area contributed by atoms with Crippen LogP contribution in [0.1, 0.15) is 44.2 Å². The number of nitrogens with zero attached hydrogens (tertiary/aromatic N) is 2. The van der Waals surface area contributed by atoms with E-state index in [1.165, 1.54) is 5.01 Å². The number of aromatic nitrogens is 1. The molecular weight excluding hydrogens is 246 g/mol. The Morgan fingerprint density at radius 1 is 1.61 bits per heavy atom. The van der Waals surface area contributed by atoms with Crippen LogP contribution in [-0.2, 0) is 4.79 Å². The van der Waals surface area contributed by atoms with Crippen LogP contribution in [-0.4, -0.2) is 34.9 Å². The SMILES string of the molecule is CCC(NC1CCN(C(C)=O)CC1)c1nccs1. The molecule has 1 aromatic heterocycles. The van der Waals surface area contributed by atoms with Crippen molar-refractivity contribution in [1.29, 1.82) is 0 Å². The highest BCUT2D eigenvalue weighted by atomic mass is 32.1. The van der Waals surface area contributed by atoms with Crippen molar-refractivity contribution in [2.24, 2.45) is 0 Å². The molecule has 0 bridgehead atoms. The van der Waals surface area contributed by atoms with Crippen molar-refractivity contribution >= 4 is 17.2 Å². The molecule has 1 atom stereocenters. The van der Waals surface area contributed by atoms with Gasteiger partial charge in [-0.2, -0.15) is 0 Å². The molecule has 1 saturated heterocycles. The molecule has 1 aliphatic heterocycles. The fourth-order valence-corrected chi connectivity index (χ4v) is 3.20. The Labute approximate surface area is 112 Å². The van der Waals surface area contributed by atoms with Gasteiger partial charge in [-0.05, 0) is 19.3 Å². The Balaban J connectivity index is 1.85. The minimum Gasteiger partial charge on any atom is -0.343 e. The molecule has 1 aliphatic rings. The first kappa shape index (κ1) is 13.5. The molecule has 0 saturated carbocycles. The van der Waals surface area contributed by atoms with Crippen molar-refractivity contribution in [1.82, 2.24) is 15.2 Å². The van der Waals surface area contributed by atoms with Crippen LogP contribution in [0.3, 0.4) is 0 Å². The van der Waals surface area contributed by atoms with E-state index in [1.54, 1.807) is 18.3 Å². The van der Waals surface area contributed by atoms with Gasteiger partial charge in [0.1, 0.15) is 5.01 Å². The van der Waals surface area contributed by atoms with E-state index in [0.29, 0.717) is 12.1 Å². The summed E-state index contributed by atoms with van der Waals surface area (Å²) in [6.07, 6.45) is 5.01. The molecule has 1 fully saturated rings. The monoisotopic (exact) mass is 267 g/mol. The average Bonchev–Trinajstić information content (AvgIpc) is 2.90. The van der Waals surface area contributed by atoms with Crippen molar-refractivity contribution < 1.29 is 4.79 Å². The minimum atomic E-state index is 0.195. The van der Waals surface area contributed by atoms with Crippen LogP contribution in [0.2, 0.25) is 0 Å². The van der Waals surface area contributed by atoms with Gasteiger partial charge < -0.3 is 10.2 Å². The van der Waals surface area contributed by atoms with Crippen molar-refractivity contribution in [3.63, 3.8) is 0 Å². The second-order valence-electron chi connectivity index (χ2n) is 4.78. The Morgan fingerprint density at radius 3 is 2.83 bits per heavy atom. The number of carbonyl (C=O) groups is 1. The molecule has 2 rings (SSSR count). The van der Waals surface area contributed by atoms with Gasteiger partial charge in [0, 0.05) is 37.6 Å². The molecule has 1 N–H and O–H groups in total. The number of rotatable bonds is 4. The molecule has 0 radical (unpaired) electrons. The molecule has 0 aliphatic carbocycles. The lowest BCUT2D eigenvalue weighted by molar-refractivity contribution is -0.129. The number of likely N-dealkylation sites (tertiary alicyclic amines) is 1. The molecular formula is C13H21N3OS. The number of hydrogen-bond acceptors (Lipinski definition) is 4. The zero-order valence-corrected chi connectivity index (χ0v) is 11.9. The van der Waals surface area contributed by atoms with Gasteiger partial charge in [0.2, 0.25) is 5.91 Å². The smallest absolute Gasteiger partial charge is 0.219 e. The standard InChI is InChI=1S/C13H21N3OS/c1-3-12(13-14-6-9-18-13)15-11-4-7-16(8-5-11)10(2)17/h6,9,11-12,15H,3-5,7-8H2,1-2H3. The zero-order chi connectivity index (χ0) is 13.0. The van der Waals surface area contributed by atoms with Crippen molar-refractivity contribution in [3.05, 3.63) is 16.6 Å². The Bertz CT molecular complexity index is 372. The molecule has 18 heavy (non-hydrogen) atoms. The van der Waals surface area contributed by atoms with Crippen LogP contribution in [0.4, 0.5) is 0 Å². The summed E-state index contributed by atoms with van der Waals surface area (Å²) < 4.78 is 0. The molecule has 0 spiro atoms. The van der Waals surface area contributed by atoms with Crippen LogP contribution in [0.25, 0.3) is 0 Å². The summed E-state index contributed by atoms with van der Waals surface area (Å²) in [5.41, 5.74) is 0. The van der Waals surface area contributed by atoms with Crippen molar-refractivity contribution in [2.45, 2.75) is 45.2 Å². The van der Waals surface area contributed by atoms with Gasteiger partial charge in [-0.3, -0.25) is 4.79 Å². The van der Waals surface area contributed by atoms with Gasteiger partial charge in [0.15, 0.2) is 0 Å². The minimum absolute atomic E-state index is 0.195. The zero-order valence-electron chi connectivity index (χ0n) is 11.1. The maximum absolute atomic E-state index is 11.3. The summed E-state index contributed by atoms with van der Waals surface area (Å²) in [6.45, 7) is 5.59. The van der Waals surface area contributed by atoms with Crippen molar-refractivity contribution in [2.75, 3.05) is 13.1 Å². The van der Waals surface area contributed by atoms with Crippen LogP contribution < -0.4 is 5.32 Å². The highest BCUT2D eigenvalue weighted by Crippen LogP contribution is 2.22. The molecule has 100 valence electrons. The highest BCUT2D eigenvalue weighted by Gasteiger charge is 2.23. The molecule has 1 amide bonds. The van der Waals surface area contributed by atoms with Gasteiger partial charge in [-0.25, -0.2) is 4.98 Å². The second kappa shape index (κ2) is 6.29. The first-order valence-corrected chi connectivity index (χ1v) is 7.49. The largest absolute Gasteiger partial charge is 0.343 e. The number of carbonyl (C=O) groups excluding carboxylic acids is 1. The number of amides is 1. The molecule has 2 heterocycles. The third-order valence-electron chi connectivity index (χ3n) is 3.53. The molecule has 4 nitrogen and oxygen atoms in total. The topological polar surface area (TPSA) is 45.2 Å². The Morgan fingerprint density at radius 2 is 2.33 bits per heavy atom. The average molecular weight is 267 g/mol. The number of thiazole rings is 1. The molecule has 0 aromatic carbocycles. The van der Waals surface area contributed by atoms with Crippen LogP contribution in [0.15, 0.2) is 11.6 Å². The first-order chi connectivity index (χ1) is 8.70. The predicted molar refractivity (Wildman–Crippen MR) is 73.6 cm³/mol. The lowest BCUT2D eigenvalue weighted by Crippen LogP contribution is -2.45.